The van der Waals surface area contributed by atoms with E-state index in [0.29, 0.717) is 0 Å². The van der Waals surface area contributed by atoms with Crippen molar-refractivity contribution in [1.29, 1.82) is 0 Å². The average molecular weight is 267 g/mol. The van der Waals surface area contributed by atoms with Crippen LogP contribution in [0, 0.1) is 0 Å². The lowest BCUT2D eigenvalue weighted by Crippen LogP contribution is -2.44. The Bertz CT molecular complexity index is 503. The highest BCUT2D eigenvalue weighted by atomic mass is 16.5. The van der Waals surface area contributed by atoms with Gasteiger partial charge in [-0.25, -0.2) is 9.59 Å². The molecule has 1 aromatic heterocycles. The summed E-state index contributed by atoms with van der Waals surface area (Å²) < 4.78 is 5.18. The maximum Gasteiger partial charge on any atom is 0.339 e. The maximum absolute atomic E-state index is 11.5. The summed E-state index contributed by atoms with van der Waals surface area (Å²) in [6.07, 6.45) is 1.44. The minimum Gasteiger partial charge on any atom is -0.478 e. The average Bonchev–Trinajstić information content (AvgIpc) is 2.38. The molecule has 1 heterocycles. The van der Waals surface area contributed by atoms with Crippen LogP contribution in [0.5, 0.6) is 5.75 Å². The van der Waals surface area contributed by atoms with Crippen molar-refractivity contribution in [2.24, 2.45) is 0 Å². The van der Waals surface area contributed by atoms with Crippen LogP contribution in [-0.2, 0) is 4.79 Å². The fourth-order valence-corrected chi connectivity index (χ4v) is 1.17. The summed E-state index contributed by atoms with van der Waals surface area (Å²) in [5.41, 5.74) is -0.116. The molecule has 0 aromatic carbocycles. The Morgan fingerprint density at radius 3 is 2.68 bits per heavy atom. The predicted octanol–water partition coefficient (Wildman–Crippen LogP) is 0.00270. The number of nitrogens with zero attached hydrogens (tertiary/aromatic N) is 1. The molecule has 1 aromatic rings. The summed E-state index contributed by atoms with van der Waals surface area (Å²) in [4.78, 5) is 37.1. The van der Waals surface area contributed by atoms with Crippen molar-refractivity contribution < 1.29 is 24.2 Å². The molecule has 8 heteroatoms. The van der Waals surface area contributed by atoms with Crippen LogP contribution in [-0.4, -0.2) is 41.1 Å². The number of aromatic nitrogens is 1. The fraction of sp³-hybridized carbons (Fsp3) is 0.273. The third kappa shape index (κ3) is 3.95. The monoisotopic (exact) mass is 267 g/mol. The number of carboxylic acid groups (broad SMARTS) is 1. The number of rotatable bonds is 4. The number of carbonyl (C=O) groups is 3. The van der Waals surface area contributed by atoms with Crippen LogP contribution in [0.4, 0.5) is 4.79 Å². The molecule has 1 atom stereocenters. The van der Waals surface area contributed by atoms with Gasteiger partial charge >= 0.3 is 12.0 Å². The Morgan fingerprint density at radius 2 is 2.11 bits per heavy atom. The van der Waals surface area contributed by atoms with E-state index in [9.17, 15) is 14.4 Å². The van der Waals surface area contributed by atoms with E-state index in [1.54, 1.807) is 0 Å². The smallest absolute Gasteiger partial charge is 0.339 e. The van der Waals surface area contributed by atoms with E-state index in [1.807, 2.05) is 5.32 Å². The van der Waals surface area contributed by atoms with E-state index < -0.39 is 24.0 Å². The first-order valence-electron chi connectivity index (χ1n) is 5.32. The summed E-state index contributed by atoms with van der Waals surface area (Å²) in [7, 11) is 1.36. The molecule has 0 spiro atoms. The first kappa shape index (κ1) is 14.4. The van der Waals surface area contributed by atoms with Gasteiger partial charge in [0.05, 0.1) is 6.20 Å². The van der Waals surface area contributed by atoms with Crippen molar-refractivity contribution in [1.82, 2.24) is 15.6 Å². The lowest BCUT2D eigenvalue weighted by molar-refractivity contribution is -0.126. The molecule has 19 heavy (non-hydrogen) atoms. The number of hydrogen-bond donors (Lipinski definition) is 3. The first-order valence-corrected chi connectivity index (χ1v) is 5.32. The standard InChI is InChI=1S/C11H13N3O5/c1-6(9(15)14-11(18)12-2)19-8-5-13-4-3-7(8)10(16)17/h3-6H,1-2H3,(H,16,17)(H2,12,14,15,18). The number of imide groups is 1. The van der Waals surface area contributed by atoms with Crippen molar-refractivity contribution >= 4 is 17.9 Å². The second-order valence-electron chi connectivity index (χ2n) is 3.51. The first-order chi connectivity index (χ1) is 8.95. The maximum atomic E-state index is 11.5. The van der Waals surface area contributed by atoms with Gasteiger partial charge in [-0.15, -0.1) is 0 Å². The number of urea groups is 1. The highest BCUT2D eigenvalue weighted by Crippen LogP contribution is 2.17. The number of ether oxygens (including phenoxy) is 1. The van der Waals surface area contributed by atoms with Gasteiger partial charge in [0.2, 0.25) is 0 Å². The van der Waals surface area contributed by atoms with Gasteiger partial charge in [0.25, 0.3) is 5.91 Å². The molecule has 1 unspecified atom stereocenters. The number of nitrogens with one attached hydrogen (secondary N) is 2. The zero-order valence-electron chi connectivity index (χ0n) is 10.3. The molecule has 0 bridgehead atoms. The molecule has 102 valence electrons. The van der Waals surface area contributed by atoms with E-state index in [1.165, 1.54) is 32.4 Å². The van der Waals surface area contributed by atoms with Crippen LogP contribution in [0.3, 0.4) is 0 Å². The molecular weight excluding hydrogens is 254 g/mol. The summed E-state index contributed by atoms with van der Waals surface area (Å²) in [6.45, 7) is 1.39. The largest absolute Gasteiger partial charge is 0.478 e. The minimum absolute atomic E-state index is 0.0467. The van der Waals surface area contributed by atoms with E-state index in [2.05, 4.69) is 10.3 Å². The van der Waals surface area contributed by atoms with Gasteiger partial charge in [-0.3, -0.25) is 15.1 Å². The Morgan fingerprint density at radius 1 is 1.42 bits per heavy atom. The number of pyridine rings is 1. The normalized spacial score (nSPS) is 11.3. The summed E-state index contributed by atoms with van der Waals surface area (Å²) in [5.74, 6) is -1.94. The second kappa shape index (κ2) is 6.34. The van der Waals surface area contributed by atoms with Crippen molar-refractivity contribution in [2.75, 3.05) is 7.05 Å². The molecule has 1 rings (SSSR count). The molecule has 0 saturated carbocycles. The number of carboxylic acids is 1. The molecule has 3 amide bonds. The van der Waals surface area contributed by atoms with Crippen molar-refractivity contribution in [3.63, 3.8) is 0 Å². The van der Waals surface area contributed by atoms with Crippen LogP contribution < -0.4 is 15.4 Å². The van der Waals surface area contributed by atoms with Crippen LogP contribution in [0.25, 0.3) is 0 Å². The third-order valence-electron chi connectivity index (χ3n) is 2.15. The van der Waals surface area contributed by atoms with Gasteiger partial charge < -0.3 is 15.2 Å². The molecule has 0 fully saturated rings. The topological polar surface area (TPSA) is 118 Å². The Hall–Kier alpha value is -2.64. The van der Waals surface area contributed by atoms with Crippen molar-refractivity contribution in [2.45, 2.75) is 13.0 Å². The molecule has 3 N–H and O–H groups in total. The second-order valence-corrected chi connectivity index (χ2v) is 3.51. The van der Waals surface area contributed by atoms with Gasteiger partial charge in [-0.1, -0.05) is 0 Å². The summed E-state index contributed by atoms with van der Waals surface area (Å²) >= 11 is 0. The molecule has 0 radical (unpaired) electrons. The van der Waals surface area contributed by atoms with E-state index in [-0.39, 0.29) is 11.3 Å². The van der Waals surface area contributed by atoms with Crippen molar-refractivity contribution in [3.8, 4) is 5.75 Å². The van der Waals surface area contributed by atoms with Crippen LogP contribution in [0.2, 0.25) is 0 Å². The van der Waals surface area contributed by atoms with Crippen LogP contribution in [0.15, 0.2) is 18.5 Å². The predicted molar refractivity (Wildman–Crippen MR) is 63.9 cm³/mol. The lowest BCUT2D eigenvalue weighted by atomic mass is 10.2. The molecule has 8 nitrogen and oxygen atoms in total. The van der Waals surface area contributed by atoms with E-state index in [4.69, 9.17) is 9.84 Å². The zero-order valence-corrected chi connectivity index (χ0v) is 10.3. The fourth-order valence-electron chi connectivity index (χ4n) is 1.17. The number of amides is 3. The molecule has 0 aliphatic heterocycles. The van der Waals surface area contributed by atoms with Gasteiger partial charge in [0.1, 0.15) is 5.56 Å². The minimum atomic E-state index is -1.20. The highest BCUT2D eigenvalue weighted by Gasteiger charge is 2.20. The van der Waals surface area contributed by atoms with E-state index in [0.717, 1.165) is 0 Å². The van der Waals surface area contributed by atoms with Crippen molar-refractivity contribution in [3.05, 3.63) is 24.0 Å². The van der Waals surface area contributed by atoms with Gasteiger partial charge in [-0.2, -0.15) is 0 Å². The molecule has 0 saturated heterocycles. The SMILES string of the molecule is CNC(=O)NC(=O)C(C)Oc1cnccc1C(=O)O. The van der Waals surface area contributed by atoms with E-state index >= 15 is 0 Å². The van der Waals surface area contributed by atoms with Gasteiger partial charge in [-0.05, 0) is 13.0 Å². The quantitative estimate of drug-likeness (QED) is 0.707. The van der Waals surface area contributed by atoms with Gasteiger partial charge in [0.15, 0.2) is 11.9 Å². The van der Waals surface area contributed by atoms with Crippen LogP contribution in [0.1, 0.15) is 17.3 Å². The third-order valence-corrected chi connectivity index (χ3v) is 2.15. The lowest BCUT2D eigenvalue weighted by Gasteiger charge is -2.14. The Labute approximate surface area is 108 Å². The molecule has 0 aliphatic rings. The molecular formula is C11H13N3O5. The number of hydrogen-bond acceptors (Lipinski definition) is 5. The highest BCUT2D eigenvalue weighted by molar-refractivity contribution is 5.96. The van der Waals surface area contributed by atoms with Gasteiger partial charge in [0, 0.05) is 13.2 Å². The Balaban J connectivity index is 2.77. The summed E-state index contributed by atoms with van der Waals surface area (Å²) in [6, 6.07) is 0.575. The number of carbonyl (C=O) groups excluding carboxylic acids is 2. The number of aromatic carboxylic acids is 1. The zero-order chi connectivity index (χ0) is 14.4. The summed E-state index contributed by atoms with van der Waals surface area (Å²) in [5, 5.41) is 13.2. The van der Waals surface area contributed by atoms with Crippen LogP contribution >= 0.6 is 0 Å². The molecule has 0 aliphatic carbocycles. The Kier molecular flexibility index (Phi) is 4.81.